The Kier molecular flexibility index (Phi) is 1.33. The summed E-state index contributed by atoms with van der Waals surface area (Å²) >= 11 is 0. The van der Waals surface area contributed by atoms with Crippen molar-refractivity contribution in [3.63, 3.8) is 0 Å². The van der Waals surface area contributed by atoms with E-state index in [4.69, 9.17) is 11.5 Å². The molecule has 4 N–H and O–H groups in total. The van der Waals surface area contributed by atoms with Gasteiger partial charge in [-0.05, 0) is 17.3 Å². The van der Waals surface area contributed by atoms with Crippen molar-refractivity contribution in [2.24, 2.45) is 28.7 Å². The Labute approximate surface area is 56.6 Å². The highest BCUT2D eigenvalue weighted by Gasteiger charge is 2.56. The number of hydrogen-bond acceptors (Lipinski definition) is 2. The Morgan fingerprint density at radius 2 is 1.67 bits per heavy atom. The van der Waals surface area contributed by atoms with Gasteiger partial charge in [-0.2, -0.15) is 0 Å². The van der Waals surface area contributed by atoms with E-state index < -0.39 is 0 Å². The third-order valence-corrected chi connectivity index (χ3v) is 2.88. The van der Waals surface area contributed by atoms with Crippen molar-refractivity contribution >= 4 is 0 Å². The predicted molar refractivity (Wildman–Crippen MR) is 38.6 cm³/mol. The van der Waals surface area contributed by atoms with Crippen LogP contribution >= 0.6 is 0 Å². The predicted octanol–water partition coefficient (Wildman–Crippen LogP) is 0.522. The molecule has 2 unspecified atom stereocenters. The molecular weight excluding hydrogens is 112 g/mol. The van der Waals surface area contributed by atoms with Crippen LogP contribution in [0, 0.1) is 17.3 Å². The van der Waals surface area contributed by atoms with E-state index in [1.807, 2.05) is 0 Å². The SMILES string of the molecule is CC1C(C(N)N)C1(C)C. The summed E-state index contributed by atoms with van der Waals surface area (Å²) in [5.74, 6) is 1.25. The van der Waals surface area contributed by atoms with E-state index >= 15 is 0 Å². The first kappa shape index (κ1) is 7.03. The molecule has 1 aliphatic rings. The molecule has 1 rings (SSSR count). The van der Waals surface area contributed by atoms with Crippen LogP contribution in [0.15, 0.2) is 0 Å². The zero-order valence-corrected chi connectivity index (χ0v) is 6.39. The average molecular weight is 128 g/mol. The number of hydrogen-bond donors (Lipinski definition) is 2. The van der Waals surface area contributed by atoms with E-state index in [0.717, 1.165) is 0 Å². The van der Waals surface area contributed by atoms with Gasteiger partial charge < -0.3 is 11.5 Å². The van der Waals surface area contributed by atoms with Crippen molar-refractivity contribution in [3.8, 4) is 0 Å². The maximum absolute atomic E-state index is 5.54. The van der Waals surface area contributed by atoms with Gasteiger partial charge in [-0.3, -0.25) is 0 Å². The first-order valence-electron chi connectivity index (χ1n) is 3.49. The lowest BCUT2D eigenvalue weighted by Crippen LogP contribution is -2.34. The van der Waals surface area contributed by atoms with Crippen LogP contribution in [0.1, 0.15) is 20.8 Å². The normalized spacial score (nSPS) is 39.3. The smallest absolute Gasteiger partial charge is 0.0558 e. The molecule has 0 spiro atoms. The van der Waals surface area contributed by atoms with Gasteiger partial charge in [0.1, 0.15) is 0 Å². The van der Waals surface area contributed by atoms with Crippen LogP contribution in [-0.2, 0) is 0 Å². The molecule has 2 heteroatoms. The lowest BCUT2D eigenvalue weighted by Gasteiger charge is -2.05. The standard InChI is InChI=1S/C7H16N2/c1-4-5(6(8)9)7(4,2)3/h4-6H,8-9H2,1-3H3. The Bertz CT molecular complexity index is 118. The topological polar surface area (TPSA) is 52.0 Å². The maximum atomic E-state index is 5.54. The first-order chi connectivity index (χ1) is 3.98. The quantitative estimate of drug-likeness (QED) is 0.506. The van der Waals surface area contributed by atoms with Gasteiger partial charge in [0.15, 0.2) is 0 Å². The summed E-state index contributed by atoms with van der Waals surface area (Å²) in [5.41, 5.74) is 11.5. The summed E-state index contributed by atoms with van der Waals surface area (Å²) in [6.07, 6.45) is -0.116. The lowest BCUT2D eigenvalue weighted by atomic mass is 10.1. The second-order valence-electron chi connectivity index (χ2n) is 3.71. The van der Waals surface area contributed by atoms with E-state index in [1.54, 1.807) is 0 Å². The van der Waals surface area contributed by atoms with Gasteiger partial charge in [0.25, 0.3) is 0 Å². The molecule has 54 valence electrons. The van der Waals surface area contributed by atoms with Crippen molar-refractivity contribution in [2.75, 3.05) is 0 Å². The highest BCUT2D eigenvalue weighted by atomic mass is 14.9. The molecule has 1 fully saturated rings. The molecule has 0 bridgehead atoms. The van der Waals surface area contributed by atoms with Crippen LogP contribution in [-0.4, -0.2) is 6.17 Å². The molecule has 0 saturated heterocycles. The van der Waals surface area contributed by atoms with Crippen LogP contribution in [0.3, 0.4) is 0 Å². The minimum absolute atomic E-state index is 0.116. The van der Waals surface area contributed by atoms with Gasteiger partial charge in [-0.1, -0.05) is 20.8 Å². The average Bonchev–Trinajstić information content (AvgIpc) is 2.07. The Balaban J connectivity index is 2.52. The molecule has 0 heterocycles. The van der Waals surface area contributed by atoms with Crippen LogP contribution in [0.2, 0.25) is 0 Å². The van der Waals surface area contributed by atoms with Crippen molar-refractivity contribution in [3.05, 3.63) is 0 Å². The minimum Gasteiger partial charge on any atom is -0.316 e. The second-order valence-corrected chi connectivity index (χ2v) is 3.71. The fourth-order valence-electron chi connectivity index (χ4n) is 1.77. The molecule has 0 amide bonds. The summed E-state index contributed by atoms with van der Waals surface area (Å²) in [4.78, 5) is 0. The monoisotopic (exact) mass is 128 g/mol. The zero-order valence-electron chi connectivity index (χ0n) is 6.39. The zero-order chi connectivity index (χ0) is 7.23. The summed E-state index contributed by atoms with van der Waals surface area (Å²) in [5, 5.41) is 0. The van der Waals surface area contributed by atoms with E-state index in [9.17, 15) is 0 Å². The van der Waals surface area contributed by atoms with Gasteiger partial charge in [-0.25, -0.2) is 0 Å². The molecule has 1 aliphatic carbocycles. The van der Waals surface area contributed by atoms with Crippen LogP contribution in [0.25, 0.3) is 0 Å². The van der Waals surface area contributed by atoms with Crippen LogP contribution in [0.5, 0.6) is 0 Å². The van der Waals surface area contributed by atoms with Crippen LogP contribution < -0.4 is 11.5 Å². The maximum Gasteiger partial charge on any atom is 0.0558 e. The highest BCUT2D eigenvalue weighted by Crippen LogP contribution is 2.58. The van der Waals surface area contributed by atoms with Gasteiger partial charge in [0.2, 0.25) is 0 Å². The van der Waals surface area contributed by atoms with E-state index in [-0.39, 0.29) is 6.17 Å². The largest absolute Gasteiger partial charge is 0.316 e. The second kappa shape index (κ2) is 1.70. The van der Waals surface area contributed by atoms with Gasteiger partial charge in [-0.15, -0.1) is 0 Å². The number of rotatable bonds is 1. The lowest BCUT2D eigenvalue weighted by molar-refractivity contribution is 0.488. The third kappa shape index (κ3) is 0.864. The van der Waals surface area contributed by atoms with Crippen LogP contribution in [0.4, 0.5) is 0 Å². The number of nitrogens with two attached hydrogens (primary N) is 2. The molecule has 9 heavy (non-hydrogen) atoms. The van der Waals surface area contributed by atoms with Gasteiger partial charge >= 0.3 is 0 Å². The van der Waals surface area contributed by atoms with E-state index in [2.05, 4.69) is 20.8 Å². The minimum atomic E-state index is -0.116. The highest BCUT2D eigenvalue weighted by molar-refractivity contribution is 5.05. The third-order valence-electron chi connectivity index (χ3n) is 2.88. The van der Waals surface area contributed by atoms with Crippen molar-refractivity contribution in [1.82, 2.24) is 0 Å². The summed E-state index contributed by atoms with van der Waals surface area (Å²) in [6.45, 7) is 6.64. The van der Waals surface area contributed by atoms with E-state index in [1.165, 1.54) is 0 Å². The summed E-state index contributed by atoms with van der Waals surface area (Å²) in [7, 11) is 0. The van der Waals surface area contributed by atoms with Gasteiger partial charge in [0, 0.05) is 0 Å². The van der Waals surface area contributed by atoms with Crippen molar-refractivity contribution in [2.45, 2.75) is 26.9 Å². The van der Waals surface area contributed by atoms with Crippen molar-refractivity contribution < 1.29 is 0 Å². The summed E-state index contributed by atoms with van der Waals surface area (Å²) < 4.78 is 0. The van der Waals surface area contributed by atoms with Gasteiger partial charge in [0.05, 0.1) is 6.17 Å². The molecule has 0 aromatic heterocycles. The molecule has 0 aliphatic heterocycles. The molecule has 2 atom stereocenters. The molecular formula is C7H16N2. The van der Waals surface area contributed by atoms with E-state index in [0.29, 0.717) is 17.3 Å². The summed E-state index contributed by atoms with van der Waals surface area (Å²) in [6, 6.07) is 0. The van der Waals surface area contributed by atoms with Crippen molar-refractivity contribution in [1.29, 1.82) is 0 Å². The first-order valence-corrected chi connectivity index (χ1v) is 3.49. The fraction of sp³-hybridized carbons (Fsp3) is 1.00. The molecule has 0 radical (unpaired) electrons. The fourth-order valence-corrected chi connectivity index (χ4v) is 1.77. The Hall–Kier alpha value is -0.0800. The Morgan fingerprint density at radius 1 is 1.33 bits per heavy atom. The Morgan fingerprint density at radius 3 is 1.67 bits per heavy atom. The molecule has 2 nitrogen and oxygen atoms in total. The molecule has 0 aromatic carbocycles. The molecule has 1 saturated carbocycles. The molecule has 0 aromatic rings.